The monoisotopic (exact) mass is 322 g/mol. The van der Waals surface area contributed by atoms with Crippen LogP contribution in [-0.4, -0.2) is 20.9 Å². The smallest absolute Gasteiger partial charge is 0.254 e. The van der Waals surface area contributed by atoms with Gasteiger partial charge in [0.25, 0.3) is 5.91 Å². The summed E-state index contributed by atoms with van der Waals surface area (Å²) in [5, 5.41) is 4.18. The van der Waals surface area contributed by atoms with Gasteiger partial charge in [-0.25, -0.2) is 9.97 Å². The first-order valence-electron chi connectivity index (χ1n) is 8.17. The van der Waals surface area contributed by atoms with Gasteiger partial charge in [0, 0.05) is 36.4 Å². The molecular formula is C19H22N4O. The number of nitrogens with one attached hydrogen (secondary N) is 2. The van der Waals surface area contributed by atoms with E-state index in [9.17, 15) is 4.79 Å². The predicted molar refractivity (Wildman–Crippen MR) is 95.1 cm³/mol. The number of rotatable bonds is 4. The molecule has 0 bridgehead atoms. The van der Waals surface area contributed by atoms with E-state index < -0.39 is 0 Å². The number of carbonyl (C=O) groups excluding carboxylic acids is 1. The third-order valence-electron chi connectivity index (χ3n) is 4.37. The van der Waals surface area contributed by atoms with Crippen LogP contribution in [0.25, 0.3) is 10.9 Å². The standard InChI is InChI=1S/C19H22N4O/c1-5-17-20-9-15(10-21-17)19(24)22-8-14-6-11(2)7-16-12(3)13(4)23-18(14)16/h6-7,9-10,23H,5,8H2,1-4H3,(H,22,24). The van der Waals surface area contributed by atoms with Crippen LogP contribution >= 0.6 is 0 Å². The Kier molecular flexibility index (Phi) is 4.34. The zero-order valence-electron chi connectivity index (χ0n) is 14.5. The summed E-state index contributed by atoms with van der Waals surface area (Å²) in [5.74, 6) is 0.580. The highest BCUT2D eigenvalue weighted by molar-refractivity contribution is 5.94. The van der Waals surface area contributed by atoms with Crippen LogP contribution in [0.4, 0.5) is 0 Å². The van der Waals surface area contributed by atoms with Crippen LogP contribution in [0.2, 0.25) is 0 Å². The molecule has 0 fully saturated rings. The van der Waals surface area contributed by atoms with Crippen molar-refractivity contribution in [3.63, 3.8) is 0 Å². The molecule has 24 heavy (non-hydrogen) atoms. The van der Waals surface area contributed by atoms with Crippen molar-refractivity contribution in [3.8, 4) is 0 Å². The fourth-order valence-corrected chi connectivity index (χ4v) is 2.86. The minimum atomic E-state index is -0.160. The highest BCUT2D eigenvalue weighted by Gasteiger charge is 2.12. The lowest BCUT2D eigenvalue weighted by Gasteiger charge is -2.08. The van der Waals surface area contributed by atoms with E-state index in [1.807, 2.05) is 6.92 Å². The Morgan fingerprint density at radius 2 is 1.88 bits per heavy atom. The van der Waals surface area contributed by atoms with E-state index in [2.05, 4.69) is 53.2 Å². The van der Waals surface area contributed by atoms with E-state index in [0.717, 1.165) is 29.0 Å². The molecule has 124 valence electrons. The lowest BCUT2D eigenvalue weighted by atomic mass is 10.0. The van der Waals surface area contributed by atoms with E-state index in [1.165, 1.54) is 16.5 Å². The molecule has 5 heteroatoms. The number of amides is 1. The molecule has 2 N–H and O–H groups in total. The summed E-state index contributed by atoms with van der Waals surface area (Å²) < 4.78 is 0. The molecule has 2 aromatic heterocycles. The number of benzene rings is 1. The van der Waals surface area contributed by atoms with E-state index in [1.54, 1.807) is 12.4 Å². The van der Waals surface area contributed by atoms with Crippen LogP contribution < -0.4 is 5.32 Å². The molecule has 0 saturated carbocycles. The minimum absolute atomic E-state index is 0.160. The molecule has 0 radical (unpaired) electrons. The first-order valence-corrected chi connectivity index (χ1v) is 8.17. The van der Waals surface area contributed by atoms with E-state index in [-0.39, 0.29) is 5.91 Å². The molecule has 0 aliphatic rings. The second-order valence-corrected chi connectivity index (χ2v) is 6.15. The van der Waals surface area contributed by atoms with Crippen LogP contribution in [0.5, 0.6) is 0 Å². The Morgan fingerprint density at radius 3 is 2.54 bits per heavy atom. The summed E-state index contributed by atoms with van der Waals surface area (Å²) in [6.07, 6.45) is 3.92. The summed E-state index contributed by atoms with van der Waals surface area (Å²) >= 11 is 0. The lowest BCUT2D eigenvalue weighted by Crippen LogP contribution is -2.23. The van der Waals surface area contributed by atoms with Gasteiger partial charge in [0.1, 0.15) is 5.82 Å². The van der Waals surface area contributed by atoms with Crippen molar-refractivity contribution in [2.24, 2.45) is 0 Å². The van der Waals surface area contributed by atoms with Crippen LogP contribution in [0, 0.1) is 20.8 Å². The summed E-state index contributed by atoms with van der Waals surface area (Å²) in [5.41, 5.74) is 6.25. The fraction of sp³-hybridized carbons (Fsp3) is 0.316. The van der Waals surface area contributed by atoms with Gasteiger partial charge < -0.3 is 10.3 Å². The number of hydrogen-bond acceptors (Lipinski definition) is 3. The van der Waals surface area contributed by atoms with Crippen LogP contribution in [0.3, 0.4) is 0 Å². The van der Waals surface area contributed by atoms with Crippen molar-refractivity contribution < 1.29 is 4.79 Å². The number of carbonyl (C=O) groups is 1. The predicted octanol–water partition coefficient (Wildman–Crippen LogP) is 3.38. The van der Waals surface area contributed by atoms with Crippen molar-refractivity contribution in [2.75, 3.05) is 0 Å². The van der Waals surface area contributed by atoms with Gasteiger partial charge in [0.15, 0.2) is 0 Å². The SMILES string of the molecule is CCc1ncc(C(=O)NCc2cc(C)cc3c(C)c(C)[nH]c23)cn1. The topological polar surface area (TPSA) is 70.7 Å². The second kappa shape index (κ2) is 6.43. The van der Waals surface area contributed by atoms with Gasteiger partial charge in [-0.3, -0.25) is 4.79 Å². The molecule has 1 amide bonds. The molecule has 1 aromatic carbocycles. The molecule has 0 atom stereocenters. The maximum atomic E-state index is 12.3. The maximum Gasteiger partial charge on any atom is 0.254 e. The number of aromatic amines is 1. The summed E-state index contributed by atoms with van der Waals surface area (Å²) in [4.78, 5) is 24.1. The lowest BCUT2D eigenvalue weighted by molar-refractivity contribution is 0.0950. The molecule has 0 spiro atoms. The molecular weight excluding hydrogens is 300 g/mol. The van der Waals surface area contributed by atoms with E-state index >= 15 is 0 Å². The summed E-state index contributed by atoms with van der Waals surface area (Å²) in [7, 11) is 0. The van der Waals surface area contributed by atoms with Crippen LogP contribution in [-0.2, 0) is 13.0 Å². The fourth-order valence-electron chi connectivity index (χ4n) is 2.86. The molecule has 3 rings (SSSR count). The Morgan fingerprint density at radius 1 is 1.17 bits per heavy atom. The molecule has 2 heterocycles. The highest BCUT2D eigenvalue weighted by Crippen LogP contribution is 2.26. The minimum Gasteiger partial charge on any atom is -0.358 e. The second-order valence-electron chi connectivity index (χ2n) is 6.15. The average Bonchev–Trinajstić information content (AvgIpc) is 2.87. The Balaban J connectivity index is 1.82. The Hall–Kier alpha value is -2.69. The molecule has 3 aromatic rings. The molecule has 0 unspecified atom stereocenters. The van der Waals surface area contributed by atoms with Crippen LogP contribution in [0.15, 0.2) is 24.5 Å². The summed E-state index contributed by atoms with van der Waals surface area (Å²) in [6, 6.07) is 4.28. The number of H-pyrrole nitrogens is 1. The molecule has 0 aliphatic heterocycles. The van der Waals surface area contributed by atoms with Gasteiger partial charge >= 0.3 is 0 Å². The molecule has 0 aliphatic carbocycles. The molecule has 0 saturated heterocycles. The van der Waals surface area contributed by atoms with Crippen LogP contribution in [0.1, 0.15) is 45.5 Å². The third-order valence-corrected chi connectivity index (χ3v) is 4.37. The largest absolute Gasteiger partial charge is 0.358 e. The van der Waals surface area contributed by atoms with Crippen molar-refractivity contribution >= 4 is 16.8 Å². The van der Waals surface area contributed by atoms with Gasteiger partial charge in [-0.15, -0.1) is 0 Å². The Labute approximate surface area is 141 Å². The third kappa shape index (κ3) is 3.02. The summed E-state index contributed by atoms with van der Waals surface area (Å²) in [6.45, 7) is 8.70. The van der Waals surface area contributed by atoms with Gasteiger partial charge in [-0.2, -0.15) is 0 Å². The van der Waals surface area contributed by atoms with Crippen molar-refractivity contribution in [3.05, 3.63) is 58.3 Å². The van der Waals surface area contributed by atoms with Crippen molar-refractivity contribution in [1.29, 1.82) is 0 Å². The van der Waals surface area contributed by atoms with Crippen molar-refractivity contribution in [1.82, 2.24) is 20.3 Å². The van der Waals surface area contributed by atoms with Gasteiger partial charge in [-0.05, 0) is 38.0 Å². The molecule has 5 nitrogen and oxygen atoms in total. The number of aryl methyl sites for hydroxylation is 4. The average molecular weight is 322 g/mol. The zero-order valence-corrected chi connectivity index (χ0v) is 14.5. The number of aromatic nitrogens is 3. The number of nitrogens with zero attached hydrogens (tertiary/aromatic N) is 2. The van der Waals surface area contributed by atoms with Gasteiger partial charge in [0.05, 0.1) is 11.1 Å². The zero-order chi connectivity index (χ0) is 17.3. The maximum absolute atomic E-state index is 12.3. The first kappa shape index (κ1) is 16.2. The van der Waals surface area contributed by atoms with Gasteiger partial charge in [0.2, 0.25) is 0 Å². The normalized spacial score (nSPS) is 11.0. The first-order chi connectivity index (χ1) is 11.5. The number of fused-ring (bicyclic) bond motifs is 1. The van der Waals surface area contributed by atoms with E-state index in [0.29, 0.717) is 12.1 Å². The number of hydrogen-bond donors (Lipinski definition) is 2. The van der Waals surface area contributed by atoms with Gasteiger partial charge in [-0.1, -0.05) is 18.6 Å². The quantitative estimate of drug-likeness (QED) is 0.773. The Bertz CT molecular complexity index is 894. The van der Waals surface area contributed by atoms with E-state index in [4.69, 9.17) is 0 Å². The van der Waals surface area contributed by atoms with Crippen molar-refractivity contribution in [2.45, 2.75) is 40.7 Å². The highest BCUT2D eigenvalue weighted by atomic mass is 16.1.